The fraction of sp³-hybridized carbons (Fsp3) is 0.250. The smallest absolute Gasteiger partial charge is 0.135 e. The minimum Gasteiger partial charge on any atom is -0.241 e. The Balaban J connectivity index is 2.75. The van der Waals surface area contributed by atoms with Crippen molar-refractivity contribution in [2.45, 2.75) is 6.17 Å². The summed E-state index contributed by atoms with van der Waals surface area (Å²) in [5.41, 5.74) is 0.736. The SMILES string of the molecule is F[C@@H](CBr)c1ccccc1. The molecule has 0 spiro atoms. The van der Waals surface area contributed by atoms with Gasteiger partial charge in [0.25, 0.3) is 0 Å². The third-order valence-electron chi connectivity index (χ3n) is 1.30. The maximum Gasteiger partial charge on any atom is 0.135 e. The molecule has 1 rings (SSSR count). The molecule has 0 saturated carbocycles. The van der Waals surface area contributed by atoms with E-state index in [1.54, 1.807) is 12.1 Å². The molecule has 0 aliphatic heterocycles. The van der Waals surface area contributed by atoms with Gasteiger partial charge in [0.15, 0.2) is 0 Å². The van der Waals surface area contributed by atoms with E-state index in [1.165, 1.54) is 0 Å². The molecule has 10 heavy (non-hydrogen) atoms. The van der Waals surface area contributed by atoms with Crippen LogP contribution in [-0.4, -0.2) is 5.33 Å². The van der Waals surface area contributed by atoms with E-state index in [2.05, 4.69) is 15.9 Å². The van der Waals surface area contributed by atoms with E-state index >= 15 is 0 Å². The first kappa shape index (κ1) is 7.73. The first-order valence-corrected chi connectivity index (χ1v) is 4.21. The zero-order valence-electron chi connectivity index (χ0n) is 5.43. The molecule has 0 amide bonds. The van der Waals surface area contributed by atoms with Crippen LogP contribution >= 0.6 is 15.9 Å². The summed E-state index contributed by atoms with van der Waals surface area (Å²) in [5, 5.41) is 0.372. The molecule has 2 heteroatoms. The average molecular weight is 203 g/mol. The van der Waals surface area contributed by atoms with Crippen LogP contribution in [0.5, 0.6) is 0 Å². The van der Waals surface area contributed by atoms with Crippen LogP contribution in [0.15, 0.2) is 30.3 Å². The Hall–Kier alpha value is -0.370. The van der Waals surface area contributed by atoms with E-state index in [0.717, 1.165) is 5.56 Å². The molecule has 54 valence electrons. The Morgan fingerprint density at radius 1 is 1.30 bits per heavy atom. The van der Waals surface area contributed by atoms with Crippen molar-refractivity contribution in [2.24, 2.45) is 0 Å². The lowest BCUT2D eigenvalue weighted by Gasteiger charge is -2.01. The summed E-state index contributed by atoms with van der Waals surface area (Å²) in [6.07, 6.45) is -0.874. The van der Waals surface area contributed by atoms with E-state index in [-0.39, 0.29) is 0 Å². The number of benzene rings is 1. The van der Waals surface area contributed by atoms with Crippen LogP contribution in [-0.2, 0) is 0 Å². The molecule has 0 fully saturated rings. The monoisotopic (exact) mass is 202 g/mol. The summed E-state index contributed by atoms with van der Waals surface area (Å²) < 4.78 is 12.8. The number of hydrogen-bond acceptors (Lipinski definition) is 0. The Bertz CT molecular complexity index is 186. The second-order valence-electron chi connectivity index (χ2n) is 2.03. The molecule has 0 unspecified atom stereocenters. The van der Waals surface area contributed by atoms with E-state index in [4.69, 9.17) is 0 Å². The van der Waals surface area contributed by atoms with Crippen molar-refractivity contribution in [1.82, 2.24) is 0 Å². The lowest BCUT2D eigenvalue weighted by Crippen LogP contribution is -1.90. The number of hydrogen-bond donors (Lipinski definition) is 0. The minimum absolute atomic E-state index is 0.372. The van der Waals surface area contributed by atoms with Crippen molar-refractivity contribution < 1.29 is 4.39 Å². The summed E-state index contributed by atoms with van der Waals surface area (Å²) in [7, 11) is 0. The molecule has 0 radical (unpaired) electrons. The molecule has 0 aliphatic rings. The van der Waals surface area contributed by atoms with Gasteiger partial charge in [-0.1, -0.05) is 46.3 Å². The fourth-order valence-electron chi connectivity index (χ4n) is 0.751. The second-order valence-corrected chi connectivity index (χ2v) is 2.68. The van der Waals surface area contributed by atoms with Gasteiger partial charge in [0.2, 0.25) is 0 Å². The molecular weight excluding hydrogens is 195 g/mol. The van der Waals surface area contributed by atoms with Crippen molar-refractivity contribution in [1.29, 1.82) is 0 Å². The highest BCUT2D eigenvalue weighted by Gasteiger charge is 2.04. The molecule has 1 aromatic rings. The molecule has 1 atom stereocenters. The van der Waals surface area contributed by atoms with Crippen LogP contribution in [0.4, 0.5) is 4.39 Å². The summed E-state index contributed by atoms with van der Waals surface area (Å²) in [6, 6.07) is 9.12. The minimum atomic E-state index is -0.874. The van der Waals surface area contributed by atoms with Crippen LogP contribution in [0.1, 0.15) is 11.7 Å². The Morgan fingerprint density at radius 3 is 2.40 bits per heavy atom. The van der Waals surface area contributed by atoms with E-state index in [1.807, 2.05) is 18.2 Å². The third-order valence-corrected chi connectivity index (χ3v) is 1.87. The van der Waals surface area contributed by atoms with Gasteiger partial charge in [-0.3, -0.25) is 0 Å². The summed E-state index contributed by atoms with van der Waals surface area (Å²) in [6.45, 7) is 0. The molecule has 0 N–H and O–H groups in total. The quantitative estimate of drug-likeness (QED) is 0.648. The first-order valence-electron chi connectivity index (χ1n) is 3.09. The number of alkyl halides is 2. The second kappa shape index (κ2) is 3.71. The Kier molecular flexibility index (Phi) is 2.87. The highest BCUT2D eigenvalue weighted by Crippen LogP contribution is 2.18. The first-order chi connectivity index (χ1) is 4.84. The van der Waals surface area contributed by atoms with Gasteiger partial charge in [0.05, 0.1) is 0 Å². The van der Waals surface area contributed by atoms with Crippen LogP contribution < -0.4 is 0 Å². The topological polar surface area (TPSA) is 0 Å². The van der Waals surface area contributed by atoms with Crippen LogP contribution in [0.25, 0.3) is 0 Å². The molecular formula is C8H8BrF. The maximum atomic E-state index is 12.8. The summed E-state index contributed by atoms with van der Waals surface area (Å²) >= 11 is 3.08. The predicted octanol–water partition coefficient (Wildman–Crippen LogP) is 3.09. The highest BCUT2D eigenvalue weighted by molar-refractivity contribution is 9.09. The average Bonchev–Trinajstić information content (AvgIpc) is 2.05. The van der Waals surface area contributed by atoms with Crippen molar-refractivity contribution in [3.8, 4) is 0 Å². The third kappa shape index (κ3) is 1.81. The van der Waals surface area contributed by atoms with Gasteiger partial charge >= 0.3 is 0 Å². The number of halogens is 2. The maximum absolute atomic E-state index is 12.8. The number of rotatable bonds is 2. The molecule has 0 saturated heterocycles. The normalized spacial score (nSPS) is 13.0. The molecule has 1 aromatic carbocycles. The Morgan fingerprint density at radius 2 is 1.90 bits per heavy atom. The lowest BCUT2D eigenvalue weighted by molar-refractivity contribution is 0.382. The van der Waals surface area contributed by atoms with Gasteiger partial charge in [-0.2, -0.15) is 0 Å². The molecule has 0 heterocycles. The molecule has 0 bridgehead atoms. The van der Waals surface area contributed by atoms with Crippen LogP contribution in [0.3, 0.4) is 0 Å². The molecule has 0 aromatic heterocycles. The largest absolute Gasteiger partial charge is 0.241 e. The van der Waals surface area contributed by atoms with Gasteiger partial charge in [-0.05, 0) is 5.56 Å². The van der Waals surface area contributed by atoms with Crippen molar-refractivity contribution in [3.63, 3.8) is 0 Å². The van der Waals surface area contributed by atoms with Gasteiger partial charge in [0.1, 0.15) is 6.17 Å². The zero-order valence-corrected chi connectivity index (χ0v) is 7.01. The molecule has 0 nitrogen and oxygen atoms in total. The summed E-state index contributed by atoms with van der Waals surface area (Å²) in [5.74, 6) is 0. The fourth-order valence-corrected chi connectivity index (χ4v) is 1.12. The highest BCUT2D eigenvalue weighted by atomic mass is 79.9. The lowest BCUT2D eigenvalue weighted by atomic mass is 10.1. The standard InChI is InChI=1S/C8H8BrF/c9-6-8(10)7-4-2-1-3-5-7/h1-5,8H,6H2/t8-/m0/s1. The van der Waals surface area contributed by atoms with E-state index in [0.29, 0.717) is 5.33 Å². The Labute approximate surface area is 68.2 Å². The van der Waals surface area contributed by atoms with Gasteiger partial charge in [-0.15, -0.1) is 0 Å². The van der Waals surface area contributed by atoms with E-state index < -0.39 is 6.17 Å². The molecule has 0 aliphatic carbocycles. The summed E-state index contributed by atoms with van der Waals surface area (Å²) in [4.78, 5) is 0. The van der Waals surface area contributed by atoms with Crippen molar-refractivity contribution >= 4 is 15.9 Å². The van der Waals surface area contributed by atoms with Crippen molar-refractivity contribution in [2.75, 3.05) is 5.33 Å². The van der Waals surface area contributed by atoms with Crippen LogP contribution in [0, 0.1) is 0 Å². The zero-order chi connectivity index (χ0) is 7.40. The van der Waals surface area contributed by atoms with Crippen molar-refractivity contribution in [3.05, 3.63) is 35.9 Å². The van der Waals surface area contributed by atoms with Gasteiger partial charge < -0.3 is 0 Å². The van der Waals surface area contributed by atoms with Gasteiger partial charge in [0, 0.05) is 5.33 Å². The van der Waals surface area contributed by atoms with Crippen LogP contribution in [0.2, 0.25) is 0 Å². The van der Waals surface area contributed by atoms with Gasteiger partial charge in [-0.25, -0.2) is 4.39 Å². The van der Waals surface area contributed by atoms with E-state index in [9.17, 15) is 4.39 Å². The predicted molar refractivity (Wildman–Crippen MR) is 44.1 cm³/mol.